The number of anilines is 2. The summed E-state index contributed by atoms with van der Waals surface area (Å²) in [6.45, 7) is 3.06. The Balaban J connectivity index is 2.04. The Hall–Kier alpha value is -3.22. The van der Waals surface area contributed by atoms with Gasteiger partial charge in [-0.25, -0.2) is 9.18 Å². The lowest BCUT2D eigenvalue weighted by Gasteiger charge is -2.16. The largest absolute Gasteiger partial charge is 0.449 e. The van der Waals surface area contributed by atoms with Crippen LogP contribution in [0.4, 0.5) is 15.8 Å². The molecule has 0 unspecified atom stereocenters. The van der Waals surface area contributed by atoms with Crippen molar-refractivity contribution in [3.8, 4) is 0 Å². The number of carbonyl (C=O) groups is 3. The van der Waals surface area contributed by atoms with E-state index in [1.54, 1.807) is 19.1 Å². The summed E-state index contributed by atoms with van der Waals surface area (Å²) in [6.07, 6.45) is -0.735. The van der Waals surface area contributed by atoms with Crippen LogP contribution in [0.5, 0.6) is 0 Å². The second-order valence-corrected chi connectivity index (χ2v) is 5.56. The van der Waals surface area contributed by atoms with Crippen molar-refractivity contribution in [2.45, 2.75) is 26.4 Å². The highest BCUT2D eigenvalue weighted by molar-refractivity contribution is 5.98. The summed E-state index contributed by atoms with van der Waals surface area (Å²) < 4.78 is 18.2. The topological polar surface area (TPSA) is 84.5 Å². The first-order valence-electron chi connectivity index (χ1n) is 8.04. The molecule has 0 aliphatic heterocycles. The van der Waals surface area contributed by atoms with Gasteiger partial charge in [0.25, 0.3) is 5.91 Å². The molecule has 0 bridgehead atoms. The van der Waals surface area contributed by atoms with Crippen molar-refractivity contribution < 1.29 is 23.5 Å². The van der Waals surface area contributed by atoms with Crippen LogP contribution in [0.15, 0.2) is 48.5 Å². The molecule has 0 saturated carbocycles. The Labute approximate surface area is 150 Å². The zero-order valence-corrected chi connectivity index (χ0v) is 14.4. The fourth-order valence-electron chi connectivity index (χ4n) is 2.20. The average Bonchev–Trinajstić information content (AvgIpc) is 2.61. The molecule has 0 saturated heterocycles. The molecule has 2 aromatic rings. The van der Waals surface area contributed by atoms with Crippen molar-refractivity contribution in [1.82, 2.24) is 0 Å². The van der Waals surface area contributed by atoms with Gasteiger partial charge >= 0.3 is 5.97 Å². The zero-order chi connectivity index (χ0) is 19.1. The number of nitrogens with one attached hydrogen (secondary N) is 2. The van der Waals surface area contributed by atoms with Crippen LogP contribution in [-0.2, 0) is 14.3 Å². The average molecular weight is 358 g/mol. The number of halogens is 1. The fourth-order valence-corrected chi connectivity index (χ4v) is 2.20. The number of hydrogen-bond acceptors (Lipinski definition) is 4. The first-order chi connectivity index (χ1) is 12.4. The van der Waals surface area contributed by atoms with Gasteiger partial charge in [-0.15, -0.1) is 0 Å². The normalized spacial score (nSPS) is 11.3. The summed E-state index contributed by atoms with van der Waals surface area (Å²) in [5.74, 6) is -1.87. The predicted octanol–water partition coefficient (Wildman–Crippen LogP) is 3.36. The molecular formula is C19H19FN2O4. The molecule has 2 aromatic carbocycles. The first-order valence-corrected chi connectivity index (χ1v) is 8.04. The number of rotatable bonds is 6. The third-order valence-corrected chi connectivity index (χ3v) is 3.44. The third-order valence-electron chi connectivity index (χ3n) is 3.44. The third kappa shape index (κ3) is 5.41. The SMILES string of the molecule is CC[C@@H](OC(=O)c1cccc(NC(C)=O)c1)C(=O)Nc1ccc(F)cc1. The lowest BCUT2D eigenvalue weighted by Crippen LogP contribution is -2.32. The van der Waals surface area contributed by atoms with E-state index in [9.17, 15) is 18.8 Å². The minimum atomic E-state index is -1.00. The molecule has 1 atom stereocenters. The Bertz CT molecular complexity index is 805. The van der Waals surface area contributed by atoms with Crippen LogP contribution in [0, 0.1) is 5.82 Å². The molecular weight excluding hydrogens is 339 g/mol. The number of hydrogen-bond donors (Lipinski definition) is 2. The molecule has 0 aliphatic rings. The number of amides is 2. The molecule has 0 aromatic heterocycles. The lowest BCUT2D eigenvalue weighted by molar-refractivity contribution is -0.124. The summed E-state index contributed by atoms with van der Waals surface area (Å²) in [4.78, 5) is 35.7. The van der Waals surface area contributed by atoms with Crippen LogP contribution in [0.1, 0.15) is 30.6 Å². The van der Waals surface area contributed by atoms with Gasteiger partial charge in [0.2, 0.25) is 5.91 Å². The molecule has 2 rings (SSSR count). The van der Waals surface area contributed by atoms with E-state index in [4.69, 9.17) is 4.74 Å². The first kappa shape index (κ1) is 19.1. The molecule has 0 spiro atoms. The number of ether oxygens (including phenoxy) is 1. The van der Waals surface area contributed by atoms with E-state index < -0.39 is 23.8 Å². The molecule has 0 heterocycles. The summed E-state index contributed by atoms with van der Waals surface area (Å²) >= 11 is 0. The molecule has 6 nitrogen and oxygen atoms in total. The fraction of sp³-hybridized carbons (Fsp3) is 0.211. The van der Waals surface area contributed by atoms with Gasteiger partial charge in [-0.1, -0.05) is 13.0 Å². The van der Waals surface area contributed by atoms with Crippen molar-refractivity contribution in [3.05, 3.63) is 59.9 Å². The van der Waals surface area contributed by atoms with Gasteiger partial charge in [0.1, 0.15) is 5.82 Å². The molecule has 26 heavy (non-hydrogen) atoms. The molecule has 7 heteroatoms. The molecule has 136 valence electrons. The van der Waals surface area contributed by atoms with Gasteiger partial charge < -0.3 is 15.4 Å². The molecule has 0 fully saturated rings. The lowest BCUT2D eigenvalue weighted by atomic mass is 10.2. The Kier molecular flexibility index (Phi) is 6.43. The van der Waals surface area contributed by atoms with Gasteiger partial charge in [0, 0.05) is 18.3 Å². The van der Waals surface area contributed by atoms with Crippen LogP contribution >= 0.6 is 0 Å². The van der Waals surface area contributed by atoms with Gasteiger partial charge in [-0.3, -0.25) is 9.59 Å². The highest BCUT2D eigenvalue weighted by atomic mass is 19.1. The molecule has 2 amide bonds. The van der Waals surface area contributed by atoms with Crippen LogP contribution in [0.3, 0.4) is 0 Å². The van der Waals surface area contributed by atoms with E-state index in [1.807, 2.05) is 0 Å². The van der Waals surface area contributed by atoms with E-state index in [0.717, 1.165) is 0 Å². The standard InChI is InChI=1S/C19H19FN2O4/c1-3-17(18(24)22-15-9-7-14(20)8-10-15)26-19(25)13-5-4-6-16(11-13)21-12(2)23/h4-11,17H,3H2,1-2H3,(H,21,23)(H,22,24)/t17-/m1/s1. The van der Waals surface area contributed by atoms with E-state index in [1.165, 1.54) is 43.3 Å². The van der Waals surface area contributed by atoms with E-state index in [0.29, 0.717) is 11.4 Å². The van der Waals surface area contributed by atoms with Crippen molar-refractivity contribution >= 4 is 29.2 Å². The Morgan fingerprint density at radius 2 is 1.73 bits per heavy atom. The van der Waals surface area contributed by atoms with E-state index in [-0.39, 0.29) is 17.9 Å². The molecule has 2 N–H and O–H groups in total. The second kappa shape index (κ2) is 8.75. The summed E-state index contributed by atoms with van der Waals surface area (Å²) in [5.41, 5.74) is 1.07. The van der Waals surface area contributed by atoms with Gasteiger partial charge in [-0.2, -0.15) is 0 Å². The monoisotopic (exact) mass is 358 g/mol. The quantitative estimate of drug-likeness (QED) is 0.776. The Morgan fingerprint density at radius 1 is 1.04 bits per heavy atom. The zero-order valence-electron chi connectivity index (χ0n) is 14.4. The van der Waals surface area contributed by atoms with Gasteiger partial charge in [-0.05, 0) is 48.9 Å². The number of esters is 1. The Morgan fingerprint density at radius 3 is 2.35 bits per heavy atom. The van der Waals surface area contributed by atoms with Crippen LogP contribution < -0.4 is 10.6 Å². The minimum absolute atomic E-state index is 0.212. The highest BCUT2D eigenvalue weighted by Crippen LogP contribution is 2.15. The maximum Gasteiger partial charge on any atom is 0.338 e. The predicted molar refractivity (Wildman–Crippen MR) is 95.3 cm³/mol. The molecule has 0 aliphatic carbocycles. The summed E-state index contributed by atoms with van der Waals surface area (Å²) in [6, 6.07) is 11.5. The van der Waals surface area contributed by atoms with Crippen LogP contribution in [-0.4, -0.2) is 23.9 Å². The van der Waals surface area contributed by atoms with E-state index in [2.05, 4.69) is 10.6 Å². The number of benzene rings is 2. The summed E-state index contributed by atoms with van der Waals surface area (Å²) in [7, 11) is 0. The van der Waals surface area contributed by atoms with Gasteiger partial charge in [0.05, 0.1) is 5.56 Å². The summed E-state index contributed by atoms with van der Waals surface area (Å²) in [5, 5.41) is 5.15. The van der Waals surface area contributed by atoms with Crippen molar-refractivity contribution in [2.24, 2.45) is 0 Å². The van der Waals surface area contributed by atoms with Gasteiger partial charge in [0.15, 0.2) is 6.10 Å². The molecule has 0 radical (unpaired) electrons. The number of carbonyl (C=O) groups excluding carboxylic acids is 3. The van der Waals surface area contributed by atoms with Crippen molar-refractivity contribution in [1.29, 1.82) is 0 Å². The highest BCUT2D eigenvalue weighted by Gasteiger charge is 2.22. The minimum Gasteiger partial charge on any atom is -0.449 e. The van der Waals surface area contributed by atoms with Crippen molar-refractivity contribution in [2.75, 3.05) is 10.6 Å². The maximum absolute atomic E-state index is 12.9. The second-order valence-electron chi connectivity index (χ2n) is 5.56. The maximum atomic E-state index is 12.9. The van der Waals surface area contributed by atoms with Crippen LogP contribution in [0.25, 0.3) is 0 Å². The van der Waals surface area contributed by atoms with Crippen LogP contribution in [0.2, 0.25) is 0 Å². The van der Waals surface area contributed by atoms with E-state index >= 15 is 0 Å². The van der Waals surface area contributed by atoms with Crippen molar-refractivity contribution in [3.63, 3.8) is 0 Å². The smallest absolute Gasteiger partial charge is 0.338 e.